The molecule has 5 nitrogen and oxygen atoms in total. The van der Waals surface area contributed by atoms with Crippen molar-refractivity contribution in [1.82, 2.24) is 4.90 Å². The SMILES string of the molecule is COC(=O)CCN(C)C(=O)C1Cc2cc(Cl)ccc2O1. The topological polar surface area (TPSA) is 55.8 Å². The van der Waals surface area contributed by atoms with Crippen LogP contribution in [0.1, 0.15) is 12.0 Å². The number of ether oxygens (including phenoxy) is 2. The van der Waals surface area contributed by atoms with Gasteiger partial charge in [0.2, 0.25) is 0 Å². The molecule has 1 aliphatic rings. The minimum atomic E-state index is -0.550. The number of esters is 1. The van der Waals surface area contributed by atoms with E-state index in [1.807, 2.05) is 0 Å². The fourth-order valence-corrected chi connectivity index (χ4v) is 2.27. The van der Waals surface area contributed by atoms with Gasteiger partial charge in [0.25, 0.3) is 5.91 Å². The van der Waals surface area contributed by atoms with Gasteiger partial charge in [-0.1, -0.05) is 11.6 Å². The number of rotatable bonds is 4. The Bertz CT molecular complexity index is 532. The minimum Gasteiger partial charge on any atom is -0.480 e. The highest BCUT2D eigenvalue weighted by Gasteiger charge is 2.31. The molecule has 1 aromatic carbocycles. The van der Waals surface area contributed by atoms with Gasteiger partial charge in [0, 0.05) is 25.0 Å². The van der Waals surface area contributed by atoms with E-state index in [4.69, 9.17) is 16.3 Å². The largest absolute Gasteiger partial charge is 0.480 e. The van der Waals surface area contributed by atoms with Crippen LogP contribution in [0.25, 0.3) is 0 Å². The van der Waals surface area contributed by atoms with Crippen LogP contribution in [0.4, 0.5) is 0 Å². The summed E-state index contributed by atoms with van der Waals surface area (Å²) < 4.78 is 10.2. The molecule has 0 saturated carbocycles. The van der Waals surface area contributed by atoms with Crippen LogP contribution < -0.4 is 4.74 Å². The lowest BCUT2D eigenvalue weighted by Gasteiger charge is -2.20. The second-order valence-electron chi connectivity index (χ2n) is 4.65. The predicted octanol–water partition coefficient (Wildman–Crippen LogP) is 1.66. The lowest BCUT2D eigenvalue weighted by Crippen LogP contribution is -2.40. The number of halogens is 1. The number of carbonyl (C=O) groups is 2. The van der Waals surface area contributed by atoms with E-state index < -0.39 is 6.10 Å². The van der Waals surface area contributed by atoms with Crippen LogP contribution >= 0.6 is 11.6 Å². The van der Waals surface area contributed by atoms with Crippen molar-refractivity contribution in [1.29, 1.82) is 0 Å². The van der Waals surface area contributed by atoms with Gasteiger partial charge in [-0.2, -0.15) is 0 Å². The van der Waals surface area contributed by atoms with E-state index in [2.05, 4.69) is 4.74 Å². The number of carbonyl (C=O) groups excluding carboxylic acids is 2. The molecule has 0 N–H and O–H groups in total. The summed E-state index contributed by atoms with van der Waals surface area (Å²) in [7, 11) is 2.97. The summed E-state index contributed by atoms with van der Waals surface area (Å²) in [5, 5.41) is 0.625. The Balaban J connectivity index is 1.93. The van der Waals surface area contributed by atoms with Crippen LogP contribution in [0.15, 0.2) is 18.2 Å². The Morgan fingerprint density at radius 3 is 2.95 bits per heavy atom. The Hall–Kier alpha value is -1.75. The van der Waals surface area contributed by atoms with Crippen molar-refractivity contribution in [3.8, 4) is 5.75 Å². The van der Waals surface area contributed by atoms with Crippen LogP contribution in [0.3, 0.4) is 0 Å². The molecule has 0 radical (unpaired) electrons. The molecule has 0 saturated heterocycles. The molecule has 0 spiro atoms. The number of hydrogen-bond donors (Lipinski definition) is 0. The van der Waals surface area contributed by atoms with Gasteiger partial charge in [-0.3, -0.25) is 9.59 Å². The first kappa shape index (κ1) is 14.7. The quantitative estimate of drug-likeness (QED) is 0.793. The molecule has 1 heterocycles. The van der Waals surface area contributed by atoms with Gasteiger partial charge in [-0.25, -0.2) is 0 Å². The molecule has 20 heavy (non-hydrogen) atoms. The Morgan fingerprint density at radius 2 is 2.25 bits per heavy atom. The number of methoxy groups -OCH3 is 1. The van der Waals surface area contributed by atoms with Crippen molar-refractivity contribution >= 4 is 23.5 Å². The summed E-state index contributed by atoms with van der Waals surface area (Å²) in [5.74, 6) is 0.197. The molecule has 0 fully saturated rings. The molecule has 1 amide bonds. The highest BCUT2D eigenvalue weighted by Crippen LogP contribution is 2.31. The molecule has 1 aromatic rings. The maximum atomic E-state index is 12.2. The monoisotopic (exact) mass is 297 g/mol. The van der Waals surface area contributed by atoms with Crippen molar-refractivity contribution in [3.05, 3.63) is 28.8 Å². The second-order valence-corrected chi connectivity index (χ2v) is 5.09. The number of benzene rings is 1. The third-order valence-corrected chi connectivity index (χ3v) is 3.46. The molecule has 108 valence electrons. The number of fused-ring (bicyclic) bond motifs is 1. The molecule has 2 rings (SSSR count). The van der Waals surface area contributed by atoms with Crippen LogP contribution in [0.2, 0.25) is 5.02 Å². The number of likely N-dealkylation sites (N-methyl/N-ethyl adjacent to an activating group) is 1. The van der Waals surface area contributed by atoms with E-state index in [1.165, 1.54) is 12.0 Å². The fourth-order valence-electron chi connectivity index (χ4n) is 2.07. The molecular formula is C14H16ClNO4. The van der Waals surface area contributed by atoms with Gasteiger partial charge in [0.1, 0.15) is 5.75 Å². The van der Waals surface area contributed by atoms with Crippen molar-refractivity contribution in [2.24, 2.45) is 0 Å². The Morgan fingerprint density at radius 1 is 1.50 bits per heavy atom. The summed E-state index contributed by atoms with van der Waals surface area (Å²) in [6.45, 7) is 0.308. The Kier molecular flexibility index (Phi) is 4.49. The van der Waals surface area contributed by atoms with E-state index >= 15 is 0 Å². The van der Waals surface area contributed by atoms with Crippen molar-refractivity contribution in [3.63, 3.8) is 0 Å². The summed E-state index contributed by atoms with van der Waals surface area (Å²) in [5.41, 5.74) is 0.928. The van der Waals surface area contributed by atoms with Crippen LogP contribution in [-0.2, 0) is 20.7 Å². The van der Waals surface area contributed by atoms with E-state index in [0.29, 0.717) is 23.7 Å². The molecule has 0 aliphatic carbocycles. The van der Waals surface area contributed by atoms with Gasteiger partial charge in [-0.05, 0) is 23.8 Å². The van der Waals surface area contributed by atoms with E-state index in [9.17, 15) is 9.59 Å². The standard InChI is InChI=1S/C14H16ClNO4/c1-16(6-5-13(17)19-2)14(18)12-8-9-7-10(15)3-4-11(9)20-12/h3-4,7,12H,5-6,8H2,1-2H3. The summed E-state index contributed by atoms with van der Waals surface area (Å²) >= 11 is 5.91. The van der Waals surface area contributed by atoms with E-state index in [1.54, 1.807) is 25.2 Å². The molecular weight excluding hydrogens is 282 g/mol. The molecule has 1 unspecified atom stereocenters. The molecule has 1 aliphatic heterocycles. The third kappa shape index (κ3) is 3.22. The summed E-state index contributed by atoms with van der Waals surface area (Å²) in [6, 6.07) is 5.30. The normalized spacial score (nSPS) is 16.2. The van der Waals surface area contributed by atoms with Gasteiger partial charge >= 0.3 is 5.97 Å². The van der Waals surface area contributed by atoms with E-state index in [0.717, 1.165) is 5.56 Å². The molecule has 1 atom stereocenters. The Labute approximate surface area is 122 Å². The van der Waals surface area contributed by atoms with Gasteiger partial charge in [0.15, 0.2) is 6.10 Å². The number of hydrogen-bond acceptors (Lipinski definition) is 4. The minimum absolute atomic E-state index is 0.152. The van der Waals surface area contributed by atoms with Crippen LogP contribution in [-0.4, -0.2) is 43.6 Å². The first-order valence-electron chi connectivity index (χ1n) is 6.28. The highest BCUT2D eigenvalue weighted by atomic mass is 35.5. The average Bonchev–Trinajstić information content (AvgIpc) is 2.86. The average molecular weight is 298 g/mol. The predicted molar refractivity (Wildman–Crippen MR) is 73.8 cm³/mol. The first-order valence-corrected chi connectivity index (χ1v) is 6.66. The smallest absolute Gasteiger partial charge is 0.307 e. The van der Waals surface area contributed by atoms with Crippen LogP contribution in [0.5, 0.6) is 5.75 Å². The summed E-state index contributed by atoms with van der Waals surface area (Å²) in [6.07, 6.45) is 0.118. The first-order chi connectivity index (χ1) is 9.51. The lowest BCUT2D eigenvalue weighted by atomic mass is 10.1. The fraction of sp³-hybridized carbons (Fsp3) is 0.429. The molecule has 0 bridgehead atoms. The number of nitrogens with zero attached hydrogens (tertiary/aromatic N) is 1. The van der Waals surface area contributed by atoms with Gasteiger partial charge in [0.05, 0.1) is 13.5 Å². The zero-order chi connectivity index (χ0) is 14.7. The van der Waals surface area contributed by atoms with Crippen LogP contribution in [0, 0.1) is 0 Å². The molecule has 0 aromatic heterocycles. The molecule has 6 heteroatoms. The van der Waals surface area contributed by atoms with E-state index in [-0.39, 0.29) is 18.3 Å². The zero-order valence-corrected chi connectivity index (χ0v) is 12.1. The second kappa shape index (κ2) is 6.13. The van der Waals surface area contributed by atoms with Gasteiger partial charge in [-0.15, -0.1) is 0 Å². The van der Waals surface area contributed by atoms with Crippen molar-refractivity contribution in [2.45, 2.75) is 18.9 Å². The third-order valence-electron chi connectivity index (χ3n) is 3.23. The number of amides is 1. The summed E-state index contributed by atoms with van der Waals surface area (Å²) in [4.78, 5) is 24.8. The lowest BCUT2D eigenvalue weighted by molar-refractivity contribution is -0.142. The zero-order valence-electron chi connectivity index (χ0n) is 11.4. The maximum absolute atomic E-state index is 12.2. The van der Waals surface area contributed by atoms with Crippen molar-refractivity contribution in [2.75, 3.05) is 20.7 Å². The maximum Gasteiger partial charge on any atom is 0.307 e. The van der Waals surface area contributed by atoms with Crippen molar-refractivity contribution < 1.29 is 19.1 Å². The van der Waals surface area contributed by atoms with Gasteiger partial charge < -0.3 is 14.4 Å². The highest BCUT2D eigenvalue weighted by molar-refractivity contribution is 6.30.